The molecule has 6 nitrogen and oxygen atoms in total. The lowest BCUT2D eigenvalue weighted by atomic mass is 9.97. The number of hydrogen-bond acceptors (Lipinski definition) is 3. The Morgan fingerprint density at radius 3 is 2.56 bits per heavy atom. The van der Waals surface area contributed by atoms with Gasteiger partial charge in [0.2, 0.25) is 11.8 Å². The highest BCUT2D eigenvalue weighted by Crippen LogP contribution is 2.16. The van der Waals surface area contributed by atoms with Crippen molar-refractivity contribution in [1.29, 1.82) is 0 Å². The van der Waals surface area contributed by atoms with Crippen molar-refractivity contribution in [2.24, 2.45) is 11.7 Å². The van der Waals surface area contributed by atoms with E-state index in [-0.39, 0.29) is 24.7 Å². The van der Waals surface area contributed by atoms with Crippen LogP contribution >= 0.6 is 0 Å². The molecular formula is C10H16N2O4. The van der Waals surface area contributed by atoms with E-state index in [1.165, 1.54) is 4.90 Å². The van der Waals surface area contributed by atoms with E-state index in [2.05, 4.69) is 0 Å². The van der Waals surface area contributed by atoms with Crippen LogP contribution in [0.3, 0.4) is 0 Å². The molecule has 0 saturated carbocycles. The van der Waals surface area contributed by atoms with Gasteiger partial charge in [-0.2, -0.15) is 0 Å². The summed E-state index contributed by atoms with van der Waals surface area (Å²) in [6.07, 6.45) is 1.27. The quantitative estimate of drug-likeness (QED) is 0.682. The van der Waals surface area contributed by atoms with Gasteiger partial charge in [0.1, 0.15) is 0 Å². The van der Waals surface area contributed by atoms with Crippen molar-refractivity contribution in [3.8, 4) is 0 Å². The second kappa shape index (κ2) is 5.48. The summed E-state index contributed by atoms with van der Waals surface area (Å²) >= 11 is 0. The van der Waals surface area contributed by atoms with Crippen molar-refractivity contribution in [2.75, 3.05) is 13.1 Å². The van der Waals surface area contributed by atoms with Crippen LogP contribution in [-0.4, -0.2) is 40.9 Å². The minimum atomic E-state index is -0.989. The molecule has 0 radical (unpaired) electrons. The molecule has 2 amide bonds. The summed E-state index contributed by atoms with van der Waals surface area (Å²) in [7, 11) is 0. The largest absolute Gasteiger partial charge is 0.481 e. The predicted octanol–water partition coefficient (Wildman–Crippen LogP) is -0.425. The van der Waals surface area contributed by atoms with E-state index in [0.717, 1.165) is 6.42 Å². The fourth-order valence-corrected chi connectivity index (χ4v) is 1.81. The minimum absolute atomic E-state index is 0.0131. The molecule has 1 unspecified atom stereocenters. The van der Waals surface area contributed by atoms with Crippen molar-refractivity contribution < 1.29 is 19.5 Å². The fourth-order valence-electron chi connectivity index (χ4n) is 1.81. The van der Waals surface area contributed by atoms with Crippen LogP contribution in [0.15, 0.2) is 0 Å². The van der Waals surface area contributed by atoms with Gasteiger partial charge in [0.05, 0.1) is 12.3 Å². The molecule has 0 aliphatic carbocycles. The normalized spacial score (nSPS) is 20.5. The maximum absolute atomic E-state index is 11.6. The van der Waals surface area contributed by atoms with Gasteiger partial charge in [0.15, 0.2) is 0 Å². The predicted molar refractivity (Wildman–Crippen MR) is 55.4 cm³/mol. The first-order valence-electron chi connectivity index (χ1n) is 5.29. The fraction of sp³-hybridized carbons (Fsp3) is 0.700. The molecule has 16 heavy (non-hydrogen) atoms. The van der Waals surface area contributed by atoms with Gasteiger partial charge in [-0.1, -0.05) is 0 Å². The summed E-state index contributed by atoms with van der Waals surface area (Å²) in [5, 5.41) is 8.46. The van der Waals surface area contributed by atoms with Gasteiger partial charge in [0, 0.05) is 19.5 Å². The van der Waals surface area contributed by atoms with Gasteiger partial charge < -0.3 is 15.7 Å². The maximum Gasteiger partial charge on any atom is 0.303 e. The first kappa shape index (κ1) is 12.5. The van der Waals surface area contributed by atoms with E-state index in [0.29, 0.717) is 19.5 Å². The average molecular weight is 228 g/mol. The van der Waals surface area contributed by atoms with Crippen LogP contribution in [0.5, 0.6) is 0 Å². The second-order valence-corrected chi connectivity index (χ2v) is 3.98. The van der Waals surface area contributed by atoms with E-state index >= 15 is 0 Å². The third-order valence-electron chi connectivity index (χ3n) is 2.73. The lowest BCUT2D eigenvalue weighted by Gasteiger charge is -2.31. The Bertz CT molecular complexity index is 303. The van der Waals surface area contributed by atoms with Crippen molar-refractivity contribution in [3.05, 3.63) is 0 Å². The number of nitrogens with two attached hydrogens (primary N) is 1. The van der Waals surface area contributed by atoms with Gasteiger partial charge in [-0.05, 0) is 12.8 Å². The van der Waals surface area contributed by atoms with E-state index in [4.69, 9.17) is 10.8 Å². The summed E-state index contributed by atoms with van der Waals surface area (Å²) < 4.78 is 0. The maximum atomic E-state index is 11.6. The van der Waals surface area contributed by atoms with Gasteiger partial charge >= 0.3 is 5.97 Å². The standard InChI is InChI=1S/C10H16N2O4/c11-10(16)7-2-1-5-12(6-7)8(13)3-4-9(14)15/h7H,1-6H2,(H2,11,16)(H,14,15). The summed E-state index contributed by atoms with van der Waals surface area (Å²) in [4.78, 5) is 34.4. The van der Waals surface area contributed by atoms with Gasteiger partial charge in [-0.15, -0.1) is 0 Å². The lowest BCUT2D eigenvalue weighted by Crippen LogP contribution is -2.44. The molecule has 0 aromatic rings. The molecular weight excluding hydrogens is 212 g/mol. The zero-order chi connectivity index (χ0) is 12.1. The van der Waals surface area contributed by atoms with Crippen LogP contribution in [0.4, 0.5) is 0 Å². The van der Waals surface area contributed by atoms with E-state index in [1.807, 2.05) is 0 Å². The first-order valence-corrected chi connectivity index (χ1v) is 5.29. The Morgan fingerprint density at radius 1 is 1.31 bits per heavy atom. The van der Waals surface area contributed by atoms with Crippen LogP contribution in [-0.2, 0) is 14.4 Å². The number of carbonyl (C=O) groups excluding carboxylic acids is 2. The average Bonchev–Trinajstić information content (AvgIpc) is 2.26. The number of primary amides is 1. The van der Waals surface area contributed by atoms with Crippen LogP contribution in [0, 0.1) is 5.92 Å². The molecule has 1 rings (SSSR count). The topological polar surface area (TPSA) is 101 Å². The van der Waals surface area contributed by atoms with Gasteiger partial charge in [-0.3, -0.25) is 14.4 Å². The van der Waals surface area contributed by atoms with Crippen LogP contribution < -0.4 is 5.73 Å². The number of aliphatic carboxylic acids is 1. The molecule has 1 aliphatic rings. The summed E-state index contributed by atoms with van der Waals surface area (Å²) in [6.45, 7) is 0.913. The molecule has 1 heterocycles. The second-order valence-electron chi connectivity index (χ2n) is 3.98. The zero-order valence-corrected chi connectivity index (χ0v) is 9.02. The molecule has 3 N–H and O–H groups in total. The first-order chi connectivity index (χ1) is 7.50. The summed E-state index contributed by atoms with van der Waals surface area (Å²) in [5.41, 5.74) is 5.18. The number of carboxylic acid groups (broad SMARTS) is 1. The number of carbonyl (C=O) groups is 3. The lowest BCUT2D eigenvalue weighted by molar-refractivity contribution is -0.142. The number of rotatable bonds is 4. The Hall–Kier alpha value is -1.59. The Morgan fingerprint density at radius 2 is 2.00 bits per heavy atom. The van der Waals surface area contributed by atoms with E-state index in [1.54, 1.807) is 0 Å². The minimum Gasteiger partial charge on any atom is -0.481 e. The third kappa shape index (κ3) is 3.52. The van der Waals surface area contributed by atoms with Gasteiger partial charge in [0.25, 0.3) is 0 Å². The van der Waals surface area contributed by atoms with E-state index < -0.39 is 11.9 Å². The smallest absolute Gasteiger partial charge is 0.303 e. The van der Waals surface area contributed by atoms with Crippen LogP contribution in [0.25, 0.3) is 0 Å². The van der Waals surface area contributed by atoms with Crippen molar-refractivity contribution in [1.82, 2.24) is 4.90 Å². The number of hydrogen-bond donors (Lipinski definition) is 2. The molecule has 1 saturated heterocycles. The van der Waals surface area contributed by atoms with Crippen LogP contribution in [0.2, 0.25) is 0 Å². The highest BCUT2D eigenvalue weighted by atomic mass is 16.4. The molecule has 6 heteroatoms. The molecule has 0 spiro atoms. The number of amides is 2. The van der Waals surface area contributed by atoms with Crippen molar-refractivity contribution >= 4 is 17.8 Å². The van der Waals surface area contributed by atoms with Crippen molar-refractivity contribution in [2.45, 2.75) is 25.7 Å². The highest BCUT2D eigenvalue weighted by Gasteiger charge is 2.26. The molecule has 0 bridgehead atoms. The summed E-state index contributed by atoms with van der Waals surface area (Å²) in [6, 6.07) is 0. The zero-order valence-electron chi connectivity index (χ0n) is 9.02. The van der Waals surface area contributed by atoms with Gasteiger partial charge in [-0.25, -0.2) is 0 Å². The summed E-state index contributed by atoms with van der Waals surface area (Å²) in [5.74, 6) is -1.89. The number of likely N-dealkylation sites (tertiary alicyclic amines) is 1. The number of carboxylic acids is 1. The van der Waals surface area contributed by atoms with Crippen LogP contribution in [0.1, 0.15) is 25.7 Å². The molecule has 90 valence electrons. The monoisotopic (exact) mass is 228 g/mol. The molecule has 0 aromatic heterocycles. The van der Waals surface area contributed by atoms with Crippen molar-refractivity contribution in [3.63, 3.8) is 0 Å². The molecule has 1 fully saturated rings. The Balaban J connectivity index is 2.43. The number of nitrogens with zero attached hydrogens (tertiary/aromatic N) is 1. The SMILES string of the molecule is NC(=O)C1CCCN(C(=O)CCC(=O)O)C1. The molecule has 1 atom stereocenters. The molecule has 0 aromatic carbocycles. The Labute approximate surface area is 93.4 Å². The van der Waals surface area contributed by atoms with E-state index in [9.17, 15) is 14.4 Å². The third-order valence-corrected chi connectivity index (χ3v) is 2.73. The Kier molecular flexibility index (Phi) is 4.28. The highest BCUT2D eigenvalue weighted by molar-refractivity contribution is 5.82. The molecule has 1 aliphatic heterocycles. The number of piperidine rings is 1.